The Kier molecular flexibility index (Phi) is 5.39. The maximum atomic E-state index is 10.5. The van der Waals surface area contributed by atoms with Gasteiger partial charge in [-0.15, -0.1) is 0 Å². The summed E-state index contributed by atoms with van der Waals surface area (Å²) < 4.78 is 10.5. The van der Waals surface area contributed by atoms with Crippen LogP contribution in [0.1, 0.15) is 0 Å². The van der Waals surface area contributed by atoms with Gasteiger partial charge >= 0.3 is 0 Å². The molecule has 0 amide bonds. The van der Waals surface area contributed by atoms with E-state index >= 15 is 0 Å². The fraction of sp³-hybridized carbons (Fsp3) is 1.00. The number of hydrogen-bond donors (Lipinski definition) is 2. The van der Waals surface area contributed by atoms with Crippen molar-refractivity contribution in [3.63, 3.8) is 0 Å². The van der Waals surface area contributed by atoms with E-state index in [0.29, 0.717) is 12.3 Å². The third-order valence-electron chi connectivity index (χ3n) is 0.781. The van der Waals surface area contributed by atoms with E-state index in [0.717, 1.165) is 0 Å². The van der Waals surface area contributed by atoms with Gasteiger partial charge in [-0.2, -0.15) is 0 Å². The number of hydrogen-bond acceptors (Lipinski definition) is 3. The van der Waals surface area contributed by atoms with E-state index in [1.807, 2.05) is 0 Å². The van der Waals surface area contributed by atoms with Gasteiger partial charge in [0.2, 0.25) is 0 Å². The zero-order valence-electron chi connectivity index (χ0n) is 4.63. The molecule has 0 aromatic rings. The third kappa shape index (κ3) is 4.31. The molecule has 3 nitrogen and oxygen atoms in total. The van der Waals surface area contributed by atoms with Crippen LogP contribution >= 0.6 is 7.80 Å². The third-order valence-corrected chi connectivity index (χ3v) is 2.34. The van der Waals surface area contributed by atoms with Crippen LogP contribution in [0, 0.1) is 0 Å². The molecule has 0 aromatic carbocycles. The summed E-state index contributed by atoms with van der Waals surface area (Å²) in [6.07, 6.45) is 0.705. The molecule has 0 aromatic heterocycles. The molecule has 0 saturated heterocycles. The fourth-order valence-corrected chi connectivity index (χ4v) is 1.12. The van der Waals surface area contributed by atoms with Gasteiger partial charge in [-0.05, 0) is 0 Å². The number of aliphatic hydroxyl groups excluding tert-OH is 2. The second-order valence-corrected chi connectivity index (χ2v) is 3.56. The zero-order chi connectivity index (χ0) is 6.41. The number of aliphatic hydroxyl groups is 2. The molecule has 8 heavy (non-hydrogen) atoms. The summed E-state index contributed by atoms with van der Waals surface area (Å²) in [5.74, 6) is 0. The molecule has 4 heteroatoms. The summed E-state index contributed by atoms with van der Waals surface area (Å²) in [5.41, 5.74) is 0. The molecule has 0 spiro atoms. The Morgan fingerprint density at radius 2 is 1.50 bits per heavy atom. The van der Waals surface area contributed by atoms with Crippen molar-refractivity contribution in [1.82, 2.24) is 0 Å². The monoisotopic (exact) mass is 138 g/mol. The van der Waals surface area contributed by atoms with Crippen molar-refractivity contribution in [2.45, 2.75) is 0 Å². The lowest BCUT2D eigenvalue weighted by Crippen LogP contribution is -1.91. The molecule has 0 atom stereocenters. The number of rotatable bonds is 4. The van der Waals surface area contributed by atoms with Gasteiger partial charge in [0, 0.05) is 25.5 Å². The fourth-order valence-electron chi connectivity index (χ4n) is 0.374. The Morgan fingerprint density at radius 1 is 1.12 bits per heavy atom. The van der Waals surface area contributed by atoms with Crippen molar-refractivity contribution in [3.8, 4) is 0 Å². The first-order chi connectivity index (χ1) is 3.81. The Morgan fingerprint density at radius 3 is 1.75 bits per heavy atom. The lowest BCUT2D eigenvalue weighted by Gasteiger charge is -1.92. The highest BCUT2D eigenvalue weighted by Gasteiger charge is 1.94. The quantitative estimate of drug-likeness (QED) is 0.516. The van der Waals surface area contributed by atoms with E-state index in [9.17, 15) is 4.57 Å². The standard InChI is InChI=1S/C4H11O3P/c5-1-3-8(7)4-2-6/h5-6,8H,1-4H2. The molecule has 0 rings (SSSR count). The van der Waals surface area contributed by atoms with E-state index in [2.05, 4.69) is 0 Å². The molecule has 0 fully saturated rings. The van der Waals surface area contributed by atoms with Crippen molar-refractivity contribution in [2.24, 2.45) is 0 Å². The first-order valence-corrected chi connectivity index (χ1v) is 4.37. The van der Waals surface area contributed by atoms with Crippen molar-refractivity contribution in [3.05, 3.63) is 0 Å². The molecular weight excluding hydrogens is 127 g/mol. The van der Waals surface area contributed by atoms with Crippen LogP contribution in [-0.4, -0.2) is 35.8 Å². The van der Waals surface area contributed by atoms with Crippen LogP contribution in [0.3, 0.4) is 0 Å². The molecule has 0 aliphatic carbocycles. The molecule has 0 aliphatic rings. The van der Waals surface area contributed by atoms with E-state index < -0.39 is 7.80 Å². The van der Waals surface area contributed by atoms with Gasteiger partial charge in [0.05, 0.1) is 7.80 Å². The summed E-state index contributed by atoms with van der Waals surface area (Å²) >= 11 is 0. The van der Waals surface area contributed by atoms with Crippen molar-refractivity contribution in [2.75, 3.05) is 25.5 Å². The lowest BCUT2D eigenvalue weighted by molar-refractivity contribution is 0.313. The molecule has 0 heterocycles. The zero-order valence-corrected chi connectivity index (χ0v) is 5.63. The van der Waals surface area contributed by atoms with Gasteiger partial charge < -0.3 is 14.8 Å². The van der Waals surface area contributed by atoms with E-state index in [-0.39, 0.29) is 13.2 Å². The van der Waals surface area contributed by atoms with Gasteiger partial charge in [-0.3, -0.25) is 0 Å². The summed E-state index contributed by atoms with van der Waals surface area (Å²) in [4.78, 5) is 0. The summed E-state index contributed by atoms with van der Waals surface area (Å²) in [5, 5.41) is 16.4. The normalized spacial score (nSPS) is 10.4. The van der Waals surface area contributed by atoms with Crippen molar-refractivity contribution < 1.29 is 14.8 Å². The molecule has 2 N–H and O–H groups in total. The van der Waals surface area contributed by atoms with Crippen LogP contribution in [-0.2, 0) is 4.57 Å². The molecule has 0 bridgehead atoms. The molecular formula is C4H11O3P. The van der Waals surface area contributed by atoms with E-state index in [1.165, 1.54) is 0 Å². The van der Waals surface area contributed by atoms with Crippen LogP contribution in [0.25, 0.3) is 0 Å². The lowest BCUT2D eigenvalue weighted by atomic mass is 10.9. The average molecular weight is 138 g/mol. The van der Waals surface area contributed by atoms with Gasteiger partial charge in [-0.1, -0.05) is 0 Å². The molecule has 0 aliphatic heterocycles. The van der Waals surface area contributed by atoms with Crippen LogP contribution < -0.4 is 0 Å². The summed E-state index contributed by atoms with van der Waals surface area (Å²) in [7, 11) is -1.64. The second kappa shape index (κ2) is 5.29. The maximum absolute atomic E-state index is 10.5. The maximum Gasteiger partial charge on any atom is 0.0806 e. The Balaban J connectivity index is 3.06. The van der Waals surface area contributed by atoms with Crippen LogP contribution in [0.15, 0.2) is 0 Å². The van der Waals surface area contributed by atoms with Crippen LogP contribution in [0.5, 0.6) is 0 Å². The van der Waals surface area contributed by atoms with Gasteiger partial charge in [0.25, 0.3) is 0 Å². The Labute approximate surface area is 49.1 Å². The van der Waals surface area contributed by atoms with Gasteiger partial charge in [-0.25, -0.2) is 0 Å². The van der Waals surface area contributed by atoms with E-state index in [1.54, 1.807) is 0 Å². The summed E-state index contributed by atoms with van der Waals surface area (Å²) in [6, 6.07) is 0. The molecule has 50 valence electrons. The second-order valence-electron chi connectivity index (χ2n) is 1.49. The minimum atomic E-state index is -1.64. The van der Waals surface area contributed by atoms with Crippen LogP contribution in [0.2, 0.25) is 0 Å². The topological polar surface area (TPSA) is 57.5 Å². The predicted octanol–water partition coefficient (Wildman–Crippen LogP) is -0.469. The van der Waals surface area contributed by atoms with Crippen LogP contribution in [0.4, 0.5) is 0 Å². The highest BCUT2D eigenvalue weighted by atomic mass is 31.1. The Bertz CT molecular complexity index is 65.7. The molecule has 0 radical (unpaired) electrons. The summed E-state index contributed by atoms with van der Waals surface area (Å²) in [6.45, 7) is -0.0599. The van der Waals surface area contributed by atoms with Crippen molar-refractivity contribution >= 4 is 7.80 Å². The first kappa shape index (κ1) is 8.15. The minimum Gasteiger partial charge on any atom is -0.396 e. The highest BCUT2D eigenvalue weighted by molar-refractivity contribution is 7.44. The van der Waals surface area contributed by atoms with Gasteiger partial charge in [0.15, 0.2) is 0 Å². The largest absolute Gasteiger partial charge is 0.396 e. The average Bonchev–Trinajstić information content (AvgIpc) is 1.68. The smallest absolute Gasteiger partial charge is 0.0806 e. The molecule has 0 unspecified atom stereocenters. The van der Waals surface area contributed by atoms with Gasteiger partial charge in [0.1, 0.15) is 0 Å². The molecule has 0 saturated carbocycles. The minimum absolute atomic E-state index is 0.0300. The van der Waals surface area contributed by atoms with Crippen molar-refractivity contribution in [1.29, 1.82) is 0 Å². The Hall–Kier alpha value is 0.150. The first-order valence-electron chi connectivity index (χ1n) is 2.54. The predicted molar refractivity (Wildman–Crippen MR) is 32.9 cm³/mol. The SMILES string of the molecule is O=[PH](CCO)CCO. The van der Waals surface area contributed by atoms with E-state index in [4.69, 9.17) is 10.2 Å². The highest BCUT2D eigenvalue weighted by Crippen LogP contribution is 2.16.